The Hall–Kier alpha value is -4.53. The van der Waals surface area contributed by atoms with E-state index in [0.29, 0.717) is 44.6 Å². The zero-order valence-electron chi connectivity index (χ0n) is 47.4. The number of imidazole rings is 1. The first-order chi connectivity index (χ1) is 41.1. The van der Waals surface area contributed by atoms with Gasteiger partial charge in [0.05, 0.1) is 76.5 Å². The smallest absolute Gasteiger partial charge is 0.386 e. The summed E-state index contributed by atoms with van der Waals surface area (Å²) >= 11 is 2.99. The molecule has 0 saturated carbocycles. The molecule has 2 aromatic rings. The molecule has 3 unspecified atom stereocenters. The van der Waals surface area contributed by atoms with Gasteiger partial charge in [0.15, 0.2) is 17.7 Å². The minimum Gasteiger partial charge on any atom is -0.386 e. The molecule has 0 spiro atoms. The number of thioether (sulfide) groups is 2. The number of phosphoric acid groups is 3. The van der Waals surface area contributed by atoms with Crippen LogP contribution in [0.4, 0.5) is 10.6 Å². The number of unbranched alkanes of at least 4 members (excludes halogenated alkanes) is 1. The molecular formula is C46H75N12O24P3S2. The van der Waals surface area contributed by atoms with E-state index in [1.54, 1.807) is 0 Å². The quantitative estimate of drug-likeness (QED) is 0.0144. The van der Waals surface area contributed by atoms with E-state index in [9.17, 15) is 77.0 Å². The van der Waals surface area contributed by atoms with Gasteiger partial charge in [-0.2, -0.15) is 16.1 Å². The second kappa shape index (κ2) is 33.5. The minimum absolute atomic E-state index is 0.0104. The van der Waals surface area contributed by atoms with E-state index in [4.69, 9.17) is 33.7 Å². The van der Waals surface area contributed by atoms with Crippen molar-refractivity contribution in [2.45, 2.75) is 112 Å². The van der Waals surface area contributed by atoms with Gasteiger partial charge in [-0.25, -0.2) is 33.4 Å². The lowest BCUT2D eigenvalue weighted by molar-refractivity contribution is -0.139. The number of likely N-dealkylation sites (tertiary alicyclic amines) is 1. The molecule has 0 bridgehead atoms. The highest BCUT2D eigenvalue weighted by Gasteiger charge is 2.51. The lowest BCUT2D eigenvalue weighted by Crippen LogP contribution is -2.46. The van der Waals surface area contributed by atoms with Crippen LogP contribution >= 0.6 is 47.0 Å². The van der Waals surface area contributed by atoms with E-state index in [1.807, 2.05) is 11.8 Å². The van der Waals surface area contributed by atoms with E-state index in [0.717, 1.165) is 58.9 Å². The van der Waals surface area contributed by atoms with Gasteiger partial charge in [-0.05, 0) is 12.8 Å². The number of nitrogens with one attached hydrogen (secondary N) is 6. The molecule has 6 heterocycles. The summed E-state index contributed by atoms with van der Waals surface area (Å²) in [5.41, 5.74) is 4.18. The second-order valence-corrected chi connectivity index (χ2v) is 27.5. The molecular weight excluding hydrogens is 1260 g/mol. The van der Waals surface area contributed by atoms with Crippen molar-refractivity contribution in [2.75, 3.05) is 103 Å². The fraction of sp³-hybridized carbons (Fsp3) is 0.739. The van der Waals surface area contributed by atoms with Crippen LogP contribution < -0.4 is 37.6 Å². The number of ether oxygens (including phenoxy) is 4. The Morgan fingerprint density at radius 2 is 1.49 bits per heavy atom. The molecule has 4 aliphatic heterocycles. The monoisotopic (exact) mass is 1340 g/mol. The number of fused-ring (bicyclic) bond motifs is 2. The first kappa shape index (κ1) is 71.5. The third-order valence-electron chi connectivity index (χ3n) is 13.5. The summed E-state index contributed by atoms with van der Waals surface area (Å²) in [4.78, 5) is 139. The maximum absolute atomic E-state index is 13.0. The summed E-state index contributed by atoms with van der Waals surface area (Å²) in [6, 6.07) is 0.253. The van der Waals surface area contributed by atoms with E-state index in [2.05, 4.69) is 55.7 Å². The third kappa shape index (κ3) is 22.7. The molecule has 4 fully saturated rings. The van der Waals surface area contributed by atoms with Crippen molar-refractivity contribution in [2.24, 2.45) is 5.41 Å². The molecule has 4 aliphatic rings. The molecule has 0 aromatic carbocycles. The Kier molecular flexibility index (Phi) is 27.6. The number of aliphatic hydroxyl groups is 2. The average Bonchev–Trinajstić information content (AvgIpc) is 1.90. The normalized spacial score (nSPS) is 23.9. The Balaban J connectivity index is 0.746. The Morgan fingerprint density at radius 3 is 2.18 bits per heavy atom. The summed E-state index contributed by atoms with van der Waals surface area (Å²) in [5, 5.41) is 37.7. The number of nitrogens with two attached hydrogens (primary N) is 1. The van der Waals surface area contributed by atoms with Gasteiger partial charge in [-0.1, -0.05) is 20.3 Å². The number of nitrogens with zero attached hydrogens (tertiary/aromatic N) is 5. The first-order valence-electron chi connectivity index (χ1n) is 27.4. The highest BCUT2D eigenvalue weighted by molar-refractivity contribution is 8.00. The predicted octanol–water partition coefficient (Wildman–Crippen LogP) is -2.34. The number of rotatable bonds is 40. The van der Waals surface area contributed by atoms with Gasteiger partial charge in [-0.3, -0.25) is 51.8 Å². The average molecular weight is 1340 g/mol. The van der Waals surface area contributed by atoms with Crippen LogP contribution in [0.2, 0.25) is 0 Å². The molecule has 8 amide bonds. The van der Waals surface area contributed by atoms with Gasteiger partial charge in [0.25, 0.3) is 0 Å². The topological polar surface area (TPSA) is 511 Å². The van der Waals surface area contributed by atoms with Gasteiger partial charge in [-0.15, -0.1) is 11.8 Å². The van der Waals surface area contributed by atoms with Crippen LogP contribution in [0.5, 0.6) is 0 Å². The Labute approximate surface area is 506 Å². The second-order valence-electron chi connectivity index (χ2n) is 20.7. The summed E-state index contributed by atoms with van der Waals surface area (Å²) in [5.74, 6) is -1.80. The maximum atomic E-state index is 13.0. The number of anilines is 1. The summed E-state index contributed by atoms with van der Waals surface area (Å²) in [7, 11) is -16.6. The molecule has 6 rings (SSSR count). The van der Waals surface area contributed by atoms with Crippen LogP contribution in [0.15, 0.2) is 12.7 Å². The Bertz CT molecular complexity index is 2840. The van der Waals surface area contributed by atoms with Crippen molar-refractivity contribution >= 4 is 105 Å². The molecule has 2 aromatic heterocycles. The third-order valence-corrected chi connectivity index (χ3v) is 19.4. The molecule has 490 valence electrons. The first-order valence-corrected chi connectivity index (χ1v) is 34.1. The van der Waals surface area contributed by atoms with E-state index in [1.165, 1.54) is 13.8 Å². The lowest BCUT2D eigenvalue weighted by Gasteiger charge is -2.30. The van der Waals surface area contributed by atoms with Crippen molar-refractivity contribution in [1.29, 1.82) is 0 Å². The van der Waals surface area contributed by atoms with E-state index in [-0.39, 0.29) is 111 Å². The van der Waals surface area contributed by atoms with Gasteiger partial charge in [0.2, 0.25) is 35.4 Å². The Morgan fingerprint density at radius 1 is 0.851 bits per heavy atom. The number of carbonyl (C=O) groups is 7. The summed E-state index contributed by atoms with van der Waals surface area (Å²) in [6.07, 6.45) is -4.37. The van der Waals surface area contributed by atoms with Crippen LogP contribution in [0.3, 0.4) is 0 Å². The molecule has 0 aliphatic carbocycles. The maximum Gasteiger partial charge on any atom is 0.481 e. The number of phosphoric ester groups is 3. The number of hydrogen-bond acceptors (Lipinski definition) is 26. The largest absolute Gasteiger partial charge is 0.481 e. The van der Waals surface area contributed by atoms with Crippen LogP contribution in [0.1, 0.15) is 65.0 Å². The number of amides is 8. The highest BCUT2D eigenvalue weighted by Crippen LogP contribution is 2.61. The molecule has 14 N–H and O–H groups in total. The standard InChI is InChI=1S/C46H75N12O24P3S2/c1-46(2,24-79-85(73,74)82-84(71,72)78-22-28-38(81-83(68,69)70)37(63)44(80-28)58-26-54-36-40(47)52-25-53-41(36)58)39(64)42(65)51-9-7-32(60)50-12-20-86-30-21-34(62)57(43(30)66)13-8-33(61)49-11-15-76-17-19-77-18-16-75-14-10-48-31(59)6-4-3-5-29-35-27(23-87-29)55-45(67)56-35/h25-30,35,37-39,44,63-64H,3-24H2,1-2H3,(H,48,59)(H,49,61)(H,50,60)(H,51,65)(H,71,72)(H,73,74)(H2,47,52,53)(H2,55,56,67)(H2,68,69,70)/t27-,28+,29-,30?,35-,37+,38+,39-,44+/m0/s1. The number of aliphatic hydroxyl groups excluding tert-OH is 2. The van der Waals surface area contributed by atoms with Crippen LogP contribution in [-0.2, 0) is 79.3 Å². The van der Waals surface area contributed by atoms with Crippen LogP contribution in [-0.4, -0.2) is 240 Å². The van der Waals surface area contributed by atoms with Crippen molar-refractivity contribution in [3.63, 3.8) is 0 Å². The van der Waals surface area contributed by atoms with Gasteiger partial charge >= 0.3 is 29.5 Å². The predicted molar refractivity (Wildman–Crippen MR) is 304 cm³/mol. The number of carbonyl (C=O) groups excluding carboxylic acids is 7. The van der Waals surface area contributed by atoms with Crippen LogP contribution in [0.25, 0.3) is 11.2 Å². The van der Waals surface area contributed by atoms with Crippen molar-refractivity contribution in [1.82, 2.24) is 56.3 Å². The van der Waals surface area contributed by atoms with Gasteiger partial charge in [0, 0.05) is 80.6 Å². The van der Waals surface area contributed by atoms with Crippen molar-refractivity contribution < 1.29 is 114 Å². The fourth-order valence-electron chi connectivity index (χ4n) is 9.08. The number of hydrogen-bond donors (Lipinski definition) is 13. The number of nitrogen functional groups attached to an aromatic ring is 1. The van der Waals surface area contributed by atoms with Crippen molar-refractivity contribution in [3.05, 3.63) is 12.7 Å². The molecule has 87 heavy (non-hydrogen) atoms. The van der Waals surface area contributed by atoms with Crippen LogP contribution in [0, 0.1) is 5.41 Å². The van der Waals surface area contributed by atoms with Gasteiger partial charge in [0.1, 0.15) is 36.3 Å². The van der Waals surface area contributed by atoms with Gasteiger partial charge < -0.3 is 86.4 Å². The zero-order valence-corrected chi connectivity index (χ0v) is 51.7. The fourth-order valence-corrected chi connectivity index (χ4v) is 14.5. The highest BCUT2D eigenvalue weighted by atomic mass is 32.2. The van der Waals surface area contributed by atoms with Crippen molar-refractivity contribution in [3.8, 4) is 0 Å². The lowest BCUT2D eigenvalue weighted by atomic mass is 9.87. The van der Waals surface area contributed by atoms with E-state index >= 15 is 0 Å². The molecule has 0 radical (unpaired) electrons. The van der Waals surface area contributed by atoms with E-state index < -0.39 is 102 Å². The SMILES string of the molecule is CC(C)(COP(=O)(O)OP(=O)(O)OC[C@H]1O[C@@H](n2cnc3c(N)ncnc32)[C@H](O)[C@@H]1OP(=O)(O)O)[C@@H](O)C(=O)NCCC(=O)NCCSC1CC(=O)N(CCC(=O)NCCOCCOCCOCCNC(=O)CCCC[C@@H]2SC[C@@H]3NC(=O)N[C@@H]32)C1=O. The number of aromatic nitrogens is 4. The molecule has 36 nitrogen and oxygen atoms in total. The number of imide groups is 1. The summed E-state index contributed by atoms with van der Waals surface area (Å²) in [6.45, 7) is 2.39. The number of urea groups is 1. The summed E-state index contributed by atoms with van der Waals surface area (Å²) < 4.78 is 79.0. The molecule has 11 atom stereocenters. The molecule has 4 saturated heterocycles. The minimum atomic E-state index is -5.63. The zero-order chi connectivity index (χ0) is 63.5. The molecule has 41 heteroatoms.